The van der Waals surface area contributed by atoms with Crippen LogP contribution in [-0.4, -0.2) is 23.2 Å². The number of nitrogens with one attached hydrogen (secondary N) is 1. The molecule has 1 rings (SSSR count). The number of unbranched alkanes of at least 4 members (excludes halogenated alkanes) is 1. The van der Waals surface area contributed by atoms with Gasteiger partial charge >= 0.3 is 5.97 Å². The summed E-state index contributed by atoms with van der Waals surface area (Å²) >= 11 is 0. The highest BCUT2D eigenvalue weighted by Gasteiger charge is 2.29. The summed E-state index contributed by atoms with van der Waals surface area (Å²) in [5.74, 6) is -0.350. The van der Waals surface area contributed by atoms with Gasteiger partial charge < -0.3 is 15.2 Å². The van der Waals surface area contributed by atoms with E-state index >= 15 is 0 Å². The second kappa shape index (κ2) is 7.29. The van der Waals surface area contributed by atoms with Gasteiger partial charge in [0, 0.05) is 6.54 Å². The number of hydrogen-bond acceptors (Lipinski definition) is 3. The third kappa shape index (κ3) is 4.85. The summed E-state index contributed by atoms with van der Waals surface area (Å²) in [6, 6.07) is 5.85. The first-order valence-corrected chi connectivity index (χ1v) is 7.09. The van der Waals surface area contributed by atoms with Gasteiger partial charge in [0.2, 0.25) is 0 Å². The van der Waals surface area contributed by atoms with E-state index in [1.807, 2.05) is 25.1 Å². The molecule has 112 valence electrons. The van der Waals surface area contributed by atoms with Crippen molar-refractivity contribution in [2.45, 2.75) is 52.7 Å². The van der Waals surface area contributed by atoms with E-state index in [0.29, 0.717) is 5.75 Å². The molecule has 0 saturated carbocycles. The van der Waals surface area contributed by atoms with Gasteiger partial charge in [0.15, 0.2) is 5.60 Å². The zero-order chi connectivity index (χ0) is 15.2. The van der Waals surface area contributed by atoms with Gasteiger partial charge in [-0.25, -0.2) is 4.79 Å². The molecule has 0 radical (unpaired) electrons. The topological polar surface area (TPSA) is 58.6 Å². The average molecular weight is 279 g/mol. The summed E-state index contributed by atoms with van der Waals surface area (Å²) in [7, 11) is 0. The van der Waals surface area contributed by atoms with Crippen molar-refractivity contribution in [2.24, 2.45) is 0 Å². The summed E-state index contributed by atoms with van der Waals surface area (Å²) < 4.78 is 5.57. The molecule has 0 heterocycles. The molecule has 0 atom stereocenters. The lowest BCUT2D eigenvalue weighted by Crippen LogP contribution is -2.38. The molecule has 2 N–H and O–H groups in total. The Labute approximate surface area is 121 Å². The summed E-state index contributed by atoms with van der Waals surface area (Å²) in [6.45, 7) is 9.04. The van der Waals surface area contributed by atoms with Gasteiger partial charge in [-0.3, -0.25) is 0 Å². The number of rotatable bonds is 8. The van der Waals surface area contributed by atoms with E-state index in [2.05, 4.69) is 12.2 Å². The van der Waals surface area contributed by atoms with E-state index in [-0.39, 0.29) is 0 Å². The minimum atomic E-state index is -1.22. The van der Waals surface area contributed by atoms with Gasteiger partial charge in [-0.2, -0.15) is 0 Å². The summed E-state index contributed by atoms with van der Waals surface area (Å²) in [4.78, 5) is 11.1. The number of ether oxygens (including phenoxy) is 1. The third-order valence-corrected chi connectivity index (χ3v) is 3.16. The number of benzene rings is 1. The number of hydrogen-bond donors (Lipinski definition) is 2. The lowest BCUT2D eigenvalue weighted by Gasteiger charge is -2.23. The van der Waals surface area contributed by atoms with Crippen LogP contribution < -0.4 is 10.1 Å². The maximum Gasteiger partial charge on any atom is 0.347 e. The van der Waals surface area contributed by atoms with Crippen molar-refractivity contribution in [2.75, 3.05) is 6.54 Å². The molecule has 4 nitrogen and oxygen atoms in total. The Hall–Kier alpha value is -1.55. The van der Waals surface area contributed by atoms with Crippen LogP contribution in [0.3, 0.4) is 0 Å². The van der Waals surface area contributed by atoms with Crippen molar-refractivity contribution < 1.29 is 14.6 Å². The maximum atomic E-state index is 11.1. The second-order valence-corrected chi connectivity index (χ2v) is 5.55. The molecule has 0 aliphatic carbocycles. The molecule has 0 aliphatic heterocycles. The van der Waals surface area contributed by atoms with Crippen molar-refractivity contribution in [3.05, 3.63) is 29.3 Å². The van der Waals surface area contributed by atoms with Crippen LogP contribution in [-0.2, 0) is 11.3 Å². The lowest BCUT2D eigenvalue weighted by molar-refractivity contribution is -0.152. The van der Waals surface area contributed by atoms with Crippen molar-refractivity contribution >= 4 is 5.97 Å². The van der Waals surface area contributed by atoms with E-state index in [0.717, 1.165) is 18.7 Å². The van der Waals surface area contributed by atoms with Crippen LogP contribution in [0.15, 0.2) is 18.2 Å². The predicted octanol–water partition coefficient (Wildman–Crippen LogP) is 3.13. The molecule has 4 heteroatoms. The zero-order valence-electron chi connectivity index (χ0n) is 12.8. The van der Waals surface area contributed by atoms with E-state index in [1.54, 1.807) is 13.8 Å². The number of carboxylic acids is 1. The summed E-state index contributed by atoms with van der Waals surface area (Å²) in [5, 5.41) is 12.5. The molecule has 0 bridgehead atoms. The van der Waals surface area contributed by atoms with E-state index in [9.17, 15) is 4.79 Å². The number of carboxylic acid groups (broad SMARTS) is 1. The first kappa shape index (κ1) is 16.5. The summed E-state index contributed by atoms with van der Waals surface area (Å²) in [6.07, 6.45) is 2.36. The minimum absolute atomic E-state index is 0.620. The monoisotopic (exact) mass is 279 g/mol. The van der Waals surface area contributed by atoms with Crippen molar-refractivity contribution in [3.63, 3.8) is 0 Å². The minimum Gasteiger partial charge on any atom is -0.478 e. The molecule has 0 fully saturated rings. The zero-order valence-corrected chi connectivity index (χ0v) is 12.8. The number of carbonyl (C=O) groups is 1. The molecule has 0 amide bonds. The van der Waals surface area contributed by atoms with Crippen LogP contribution in [0.25, 0.3) is 0 Å². The average Bonchev–Trinajstić information content (AvgIpc) is 2.37. The molecule has 0 spiro atoms. The highest BCUT2D eigenvalue weighted by molar-refractivity contribution is 5.76. The van der Waals surface area contributed by atoms with Crippen LogP contribution in [0, 0.1) is 6.92 Å². The van der Waals surface area contributed by atoms with Gasteiger partial charge in [0.1, 0.15) is 5.75 Å². The molecule has 0 aliphatic rings. The maximum absolute atomic E-state index is 11.1. The number of aryl methyl sites for hydroxylation is 1. The van der Waals surface area contributed by atoms with Gasteiger partial charge in [0.05, 0.1) is 0 Å². The number of aliphatic carboxylic acids is 1. The van der Waals surface area contributed by atoms with E-state index < -0.39 is 11.6 Å². The molecule has 1 aromatic carbocycles. The molecule has 0 saturated heterocycles. The third-order valence-electron chi connectivity index (χ3n) is 3.16. The van der Waals surface area contributed by atoms with Crippen molar-refractivity contribution in [3.8, 4) is 5.75 Å². The Morgan fingerprint density at radius 2 is 2.10 bits per heavy atom. The van der Waals surface area contributed by atoms with E-state index in [4.69, 9.17) is 9.84 Å². The fourth-order valence-electron chi connectivity index (χ4n) is 1.79. The van der Waals surface area contributed by atoms with Gasteiger partial charge in [-0.05, 0) is 50.9 Å². The standard InChI is InChI=1S/C16H25NO3/c1-5-6-9-17-11-13-7-8-14(12(2)10-13)20-16(3,4)15(18)19/h7-8,10,17H,5-6,9,11H2,1-4H3,(H,18,19). The first-order valence-electron chi connectivity index (χ1n) is 7.09. The Bertz CT molecular complexity index is 455. The smallest absolute Gasteiger partial charge is 0.347 e. The highest BCUT2D eigenvalue weighted by Crippen LogP contribution is 2.24. The molecule has 0 aromatic heterocycles. The Morgan fingerprint density at radius 1 is 1.40 bits per heavy atom. The first-order chi connectivity index (χ1) is 9.36. The molecule has 20 heavy (non-hydrogen) atoms. The molecular formula is C16H25NO3. The van der Waals surface area contributed by atoms with Gasteiger partial charge in [-0.1, -0.05) is 25.5 Å². The molecule has 1 aromatic rings. The fraction of sp³-hybridized carbons (Fsp3) is 0.562. The van der Waals surface area contributed by atoms with Crippen molar-refractivity contribution in [1.29, 1.82) is 0 Å². The summed E-state index contributed by atoms with van der Waals surface area (Å²) in [5.41, 5.74) is 0.916. The normalized spacial score (nSPS) is 11.4. The molecule has 0 unspecified atom stereocenters. The van der Waals surface area contributed by atoms with Crippen LogP contribution in [0.2, 0.25) is 0 Å². The lowest BCUT2D eigenvalue weighted by atomic mass is 10.1. The fourth-order valence-corrected chi connectivity index (χ4v) is 1.79. The van der Waals surface area contributed by atoms with Crippen LogP contribution in [0.1, 0.15) is 44.7 Å². The van der Waals surface area contributed by atoms with Crippen LogP contribution in [0.4, 0.5) is 0 Å². The second-order valence-electron chi connectivity index (χ2n) is 5.55. The Balaban J connectivity index is 2.66. The predicted molar refractivity (Wildman–Crippen MR) is 80.1 cm³/mol. The largest absolute Gasteiger partial charge is 0.478 e. The van der Waals surface area contributed by atoms with Crippen LogP contribution in [0.5, 0.6) is 5.75 Å². The Kier molecular flexibility index (Phi) is 6.02. The van der Waals surface area contributed by atoms with Gasteiger partial charge in [-0.15, -0.1) is 0 Å². The van der Waals surface area contributed by atoms with E-state index in [1.165, 1.54) is 18.4 Å². The SMILES string of the molecule is CCCCNCc1ccc(OC(C)(C)C(=O)O)c(C)c1. The van der Waals surface area contributed by atoms with Crippen molar-refractivity contribution in [1.82, 2.24) is 5.32 Å². The highest BCUT2D eigenvalue weighted by atomic mass is 16.5. The van der Waals surface area contributed by atoms with Crippen LogP contribution >= 0.6 is 0 Å². The molecular weight excluding hydrogens is 254 g/mol. The Morgan fingerprint density at radius 3 is 2.65 bits per heavy atom. The quantitative estimate of drug-likeness (QED) is 0.718. The van der Waals surface area contributed by atoms with Gasteiger partial charge in [0.25, 0.3) is 0 Å².